The van der Waals surface area contributed by atoms with Gasteiger partial charge in [-0.1, -0.05) is 131 Å². The summed E-state index contributed by atoms with van der Waals surface area (Å²) in [5.74, 6) is 3.41. The molecule has 54 heavy (non-hydrogen) atoms. The van der Waals surface area contributed by atoms with Crippen LogP contribution in [0.25, 0.3) is 0 Å². The Balaban J connectivity index is 1.25. The van der Waals surface area contributed by atoms with Crippen molar-refractivity contribution in [2.45, 2.75) is 186 Å². The minimum Gasteiger partial charge on any atom is -0.335 e. The molecule has 11 rings (SSSR count). The van der Waals surface area contributed by atoms with Crippen molar-refractivity contribution in [2.75, 3.05) is 9.80 Å². The summed E-state index contributed by atoms with van der Waals surface area (Å²) in [7, 11) is 0. The number of benzene rings is 3. The van der Waals surface area contributed by atoms with Gasteiger partial charge in [-0.05, 0) is 137 Å². The Morgan fingerprint density at radius 1 is 0.537 bits per heavy atom. The zero-order valence-corrected chi connectivity index (χ0v) is 35.7. The summed E-state index contributed by atoms with van der Waals surface area (Å²) in [6, 6.07) is 16.2. The van der Waals surface area contributed by atoms with E-state index in [9.17, 15) is 0 Å². The van der Waals surface area contributed by atoms with E-state index in [4.69, 9.17) is 0 Å². The molecule has 0 bridgehead atoms. The van der Waals surface area contributed by atoms with Crippen molar-refractivity contribution in [3.8, 4) is 0 Å². The number of hydrogen-bond donors (Lipinski definition) is 0. The molecule has 4 aliphatic heterocycles. The van der Waals surface area contributed by atoms with Crippen LogP contribution in [-0.4, -0.2) is 17.8 Å². The molecule has 8 aliphatic rings. The van der Waals surface area contributed by atoms with Gasteiger partial charge in [0, 0.05) is 33.6 Å². The van der Waals surface area contributed by atoms with Gasteiger partial charge in [0.2, 0.25) is 0 Å². The van der Waals surface area contributed by atoms with E-state index in [1.807, 2.05) is 0 Å². The molecular weight excluding hydrogens is 651 g/mol. The maximum atomic E-state index is 3.02. The highest BCUT2D eigenvalue weighted by Gasteiger charge is 2.67. The van der Waals surface area contributed by atoms with E-state index in [1.54, 1.807) is 50.3 Å². The Morgan fingerprint density at radius 2 is 0.907 bits per heavy atom. The molecule has 0 saturated heterocycles. The second kappa shape index (κ2) is 10.4. The van der Waals surface area contributed by atoms with Gasteiger partial charge >= 0.3 is 0 Å². The number of anilines is 4. The SMILES string of the molecule is Cc1cc2c3c(c1)N1c4c(cc(C(C)(C)C)cc4C4(C)CC5CCCCC5CC14C)B3c1cc(C(C)(C)C)cc3c1N2C1(C)CC2CCCCC2CC31C. The van der Waals surface area contributed by atoms with Crippen molar-refractivity contribution in [3.63, 3.8) is 0 Å². The molecule has 2 nitrogen and oxygen atoms in total. The molecule has 4 heterocycles. The Morgan fingerprint density at radius 3 is 1.28 bits per heavy atom. The lowest BCUT2D eigenvalue weighted by atomic mass is 9.33. The predicted molar refractivity (Wildman–Crippen MR) is 231 cm³/mol. The predicted octanol–water partition coefficient (Wildman–Crippen LogP) is 11.3. The topological polar surface area (TPSA) is 6.48 Å². The Labute approximate surface area is 328 Å². The van der Waals surface area contributed by atoms with E-state index in [2.05, 4.69) is 122 Å². The van der Waals surface area contributed by atoms with Gasteiger partial charge in [-0.2, -0.15) is 0 Å². The first-order valence-electron chi connectivity index (χ1n) is 22.5. The molecule has 4 saturated carbocycles. The monoisotopic (exact) mass is 719 g/mol. The van der Waals surface area contributed by atoms with Crippen LogP contribution in [0.4, 0.5) is 22.7 Å². The van der Waals surface area contributed by atoms with Gasteiger partial charge < -0.3 is 9.80 Å². The van der Waals surface area contributed by atoms with Crippen LogP contribution in [0.1, 0.15) is 174 Å². The molecule has 3 aromatic carbocycles. The Hall–Kier alpha value is -2.68. The quantitative estimate of drug-likeness (QED) is 0.214. The fraction of sp³-hybridized carbons (Fsp3) is 0.647. The van der Waals surface area contributed by atoms with E-state index in [0.29, 0.717) is 0 Å². The fourth-order valence-corrected chi connectivity index (χ4v) is 15.2. The third-order valence-corrected chi connectivity index (χ3v) is 18.5. The molecule has 0 N–H and O–H groups in total. The van der Waals surface area contributed by atoms with Crippen molar-refractivity contribution in [1.82, 2.24) is 0 Å². The highest BCUT2D eigenvalue weighted by molar-refractivity contribution is 7.00. The maximum Gasteiger partial charge on any atom is 0.252 e. The van der Waals surface area contributed by atoms with Crippen LogP contribution in [-0.2, 0) is 21.7 Å². The lowest BCUT2D eigenvalue weighted by Gasteiger charge is -2.58. The van der Waals surface area contributed by atoms with E-state index >= 15 is 0 Å². The van der Waals surface area contributed by atoms with Crippen LogP contribution < -0.4 is 26.2 Å². The number of hydrogen-bond acceptors (Lipinski definition) is 2. The average Bonchev–Trinajstić information content (AvgIpc) is 3.43. The lowest BCUT2D eigenvalue weighted by Crippen LogP contribution is -2.67. The molecule has 0 aromatic heterocycles. The molecule has 3 heteroatoms. The molecule has 4 fully saturated rings. The highest BCUT2D eigenvalue weighted by atomic mass is 15.3. The summed E-state index contributed by atoms with van der Waals surface area (Å²) >= 11 is 0. The van der Waals surface area contributed by atoms with Gasteiger partial charge in [-0.3, -0.25) is 0 Å². The van der Waals surface area contributed by atoms with E-state index < -0.39 is 0 Å². The zero-order chi connectivity index (χ0) is 37.7. The van der Waals surface area contributed by atoms with Crippen molar-refractivity contribution >= 4 is 45.9 Å². The summed E-state index contributed by atoms with van der Waals surface area (Å²) in [4.78, 5) is 6.04. The molecule has 284 valence electrons. The smallest absolute Gasteiger partial charge is 0.252 e. The molecule has 3 aromatic rings. The van der Waals surface area contributed by atoms with Crippen molar-refractivity contribution < 1.29 is 0 Å². The standard InChI is InChI=1S/C51H67BN2/c1-30-20-41-43-42(21-30)54-45-38(49(9)27-32-17-13-15-19-34(32)29-51(49,54)11)23-36(47(5,6)7)25-40(45)52(43)39-24-35(46(2,3)4)22-37-44(39)53(41)50(10)28-33-18-14-12-16-31(33)26-48(37,50)8/h20-25,31-34H,12-19,26-29H2,1-11H3. The van der Waals surface area contributed by atoms with Crippen molar-refractivity contribution in [3.05, 3.63) is 64.2 Å². The Kier molecular flexibility index (Phi) is 6.68. The maximum absolute atomic E-state index is 3.02. The van der Waals surface area contributed by atoms with Gasteiger partial charge in [0.1, 0.15) is 0 Å². The van der Waals surface area contributed by atoms with E-state index in [0.717, 1.165) is 23.7 Å². The first kappa shape index (κ1) is 34.6. The summed E-state index contributed by atoms with van der Waals surface area (Å²) in [6.45, 7) is 28.3. The largest absolute Gasteiger partial charge is 0.335 e. The number of nitrogens with zero attached hydrogens (tertiary/aromatic N) is 2. The molecule has 0 spiro atoms. The molecule has 8 atom stereocenters. The van der Waals surface area contributed by atoms with Crippen LogP contribution in [0.2, 0.25) is 0 Å². The first-order chi connectivity index (χ1) is 25.4. The fourth-order valence-electron chi connectivity index (χ4n) is 15.2. The summed E-state index contributed by atoms with van der Waals surface area (Å²) in [6.07, 6.45) is 16.7. The number of rotatable bonds is 0. The van der Waals surface area contributed by atoms with Crippen LogP contribution in [0.3, 0.4) is 0 Å². The summed E-state index contributed by atoms with van der Waals surface area (Å²) in [5, 5.41) is 0. The first-order valence-corrected chi connectivity index (χ1v) is 22.5. The third kappa shape index (κ3) is 4.02. The zero-order valence-electron chi connectivity index (χ0n) is 35.7. The van der Waals surface area contributed by atoms with Gasteiger partial charge in [-0.25, -0.2) is 0 Å². The van der Waals surface area contributed by atoms with Gasteiger partial charge in [0.05, 0.1) is 11.1 Å². The van der Waals surface area contributed by atoms with Gasteiger partial charge in [0.15, 0.2) is 0 Å². The van der Waals surface area contributed by atoms with Crippen LogP contribution in [0.5, 0.6) is 0 Å². The minimum atomic E-state index is 0.0495. The molecule has 8 unspecified atom stereocenters. The van der Waals surface area contributed by atoms with Crippen LogP contribution >= 0.6 is 0 Å². The van der Waals surface area contributed by atoms with E-state index in [-0.39, 0.29) is 39.5 Å². The van der Waals surface area contributed by atoms with Crippen LogP contribution in [0.15, 0.2) is 36.4 Å². The molecular formula is C51H67BN2. The highest BCUT2D eigenvalue weighted by Crippen LogP contribution is 2.68. The summed E-state index contributed by atoms with van der Waals surface area (Å²) < 4.78 is 0. The van der Waals surface area contributed by atoms with E-state index in [1.165, 1.54) is 93.7 Å². The summed E-state index contributed by atoms with van der Waals surface area (Å²) in [5.41, 5.74) is 19.5. The molecule has 0 radical (unpaired) electrons. The average molecular weight is 719 g/mol. The second-order valence-electron chi connectivity index (χ2n) is 23.4. The Bertz CT molecular complexity index is 2000. The third-order valence-electron chi connectivity index (χ3n) is 18.5. The molecule has 4 aliphatic carbocycles. The number of fused-ring (bicyclic) bond motifs is 12. The lowest BCUT2D eigenvalue weighted by molar-refractivity contribution is 0.0577. The molecule has 0 amide bonds. The van der Waals surface area contributed by atoms with Crippen LogP contribution in [0, 0.1) is 30.6 Å². The second-order valence-corrected chi connectivity index (χ2v) is 23.4. The van der Waals surface area contributed by atoms with Crippen molar-refractivity contribution in [2.24, 2.45) is 23.7 Å². The van der Waals surface area contributed by atoms with Crippen molar-refractivity contribution in [1.29, 1.82) is 0 Å². The van der Waals surface area contributed by atoms with Gasteiger partial charge in [-0.15, -0.1) is 0 Å². The normalized spacial score (nSPS) is 36.8. The van der Waals surface area contributed by atoms with Gasteiger partial charge in [0.25, 0.3) is 6.71 Å². The number of aryl methyl sites for hydroxylation is 1. The minimum absolute atomic E-state index is 0.0495.